The second-order valence-electron chi connectivity index (χ2n) is 4.84. The van der Waals surface area contributed by atoms with Gasteiger partial charge in [0, 0.05) is 5.56 Å². The third-order valence-corrected chi connectivity index (χ3v) is 3.09. The number of rotatable bonds is 8. The van der Waals surface area contributed by atoms with E-state index < -0.39 is 5.91 Å². The van der Waals surface area contributed by atoms with Crippen LogP contribution in [0.1, 0.15) is 12.5 Å². The summed E-state index contributed by atoms with van der Waals surface area (Å²) in [6, 6.07) is 13.8. The Balaban J connectivity index is 1.84. The standard InChI is InChI=1S/C18H20N2O4/c1-3-23-16-10-6-7-11-17(16)24-12-18(22)20-19-13(2)14-8-4-5-9-15(14)21/h4-11,19,21H,2-3,12H2,1H3,(H,20,22). The molecule has 6 heteroatoms. The van der Waals surface area contributed by atoms with E-state index in [-0.39, 0.29) is 12.4 Å². The molecule has 0 fully saturated rings. The lowest BCUT2D eigenvalue weighted by atomic mass is 10.1. The second kappa shape index (κ2) is 8.47. The normalized spacial score (nSPS) is 9.88. The van der Waals surface area contributed by atoms with Crippen LogP contribution in [-0.2, 0) is 4.79 Å². The van der Waals surface area contributed by atoms with Crippen LogP contribution in [0.15, 0.2) is 55.1 Å². The molecular formula is C18H20N2O4. The number of carbonyl (C=O) groups is 1. The Morgan fingerprint density at radius 2 is 1.67 bits per heavy atom. The number of hydrogen-bond donors (Lipinski definition) is 3. The van der Waals surface area contributed by atoms with Crippen molar-refractivity contribution >= 4 is 11.6 Å². The fraction of sp³-hybridized carbons (Fsp3) is 0.167. The fourth-order valence-corrected chi connectivity index (χ4v) is 1.96. The first-order chi connectivity index (χ1) is 11.6. The van der Waals surface area contributed by atoms with Gasteiger partial charge >= 0.3 is 0 Å². The number of benzene rings is 2. The van der Waals surface area contributed by atoms with Crippen LogP contribution in [0, 0.1) is 0 Å². The highest BCUT2D eigenvalue weighted by atomic mass is 16.5. The highest BCUT2D eigenvalue weighted by Crippen LogP contribution is 2.26. The average molecular weight is 328 g/mol. The maximum atomic E-state index is 11.9. The molecule has 0 aliphatic rings. The van der Waals surface area contributed by atoms with E-state index in [1.807, 2.05) is 13.0 Å². The van der Waals surface area contributed by atoms with E-state index in [0.29, 0.717) is 29.4 Å². The van der Waals surface area contributed by atoms with Crippen molar-refractivity contribution in [3.63, 3.8) is 0 Å². The van der Waals surface area contributed by atoms with Crippen LogP contribution in [0.5, 0.6) is 17.2 Å². The SMILES string of the molecule is C=C(NNC(=O)COc1ccccc1OCC)c1ccccc1O. The van der Waals surface area contributed by atoms with Crippen LogP contribution < -0.4 is 20.3 Å². The van der Waals surface area contributed by atoms with Gasteiger partial charge < -0.3 is 14.6 Å². The minimum absolute atomic E-state index is 0.0751. The molecule has 0 bridgehead atoms. The molecule has 0 heterocycles. The Hall–Kier alpha value is -3.15. The van der Waals surface area contributed by atoms with E-state index in [4.69, 9.17) is 9.47 Å². The monoisotopic (exact) mass is 328 g/mol. The lowest BCUT2D eigenvalue weighted by molar-refractivity contribution is -0.123. The number of para-hydroxylation sites is 3. The maximum absolute atomic E-state index is 11.9. The van der Waals surface area contributed by atoms with Crippen molar-refractivity contribution in [1.82, 2.24) is 10.9 Å². The van der Waals surface area contributed by atoms with Crippen LogP contribution in [0.2, 0.25) is 0 Å². The Morgan fingerprint density at radius 1 is 1.04 bits per heavy atom. The van der Waals surface area contributed by atoms with Gasteiger partial charge in [-0.15, -0.1) is 0 Å². The van der Waals surface area contributed by atoms with Gasteiger partial charge in [-0.2, -0.15) is 0 Å². The van der Waals surface area contributed by atoms with Gasteiger partial charge in [0.2, 0.25) is 0 Å². The summed E-state index contributed by atoms with van der Waals surface area (Å²) in [5.41, 5.74) is 5.99. The minimum Gasteiger partial charge on any atom is -0.507 e. The van der Waals surface area contributed by atoms with E-state index in [9.17, 15) is 9.90 Å². The molecule has 0 aromatic heterocycles. The van der Waals surface area contributed by atoms with Crippen molar-refractivity contribution in [3.8, 4) is 17.2 Å². The molecule has 24 heavy (non-hydrogen) atoms. The summed E-state index contributed by atoms with van der Waals surface area (Å²) in [6.45, 7) is 5.96. The number of amides is 1. The zero-order chi connectivity index (χ0) is 17.4. The van der Waals surface area contributed by atoms with Crippen molar-refractivity contribution in [2.45, 2.75) is 6.92 Å². The molecule has 1 amide bonds. The van der Waals surface area contributed by atoms with Gasteiger partial charge in [-0.3, -0.25) is 15.6 Å². The van der Waals surface area contributed by atoms with Crippen molar-refractivity contribution in [2.75, 3.05) is 13.2 Å². The maximum Gasteiger partial charge on any atom is 0.276 e. The van der Waals surface area contributed by atoms with Gasteiger partial charge in [0.15, 0.2) is 18.1 Å². The van der Waals surface area contributed by atoms with Crippen molar-refractivity contribution in [2.24, 2.45) is 0 Å². The van der Waals surface area contributed by atoms with Crippen LogP contribution in [-0.4, -0.2) is 24.2 Å². The molecule has 6 nitrogen and oxygen atoms in total. The number of hydrogen-bond acceptors (Lipinski definition) is 5. The lowest BCUT2D eigenvalue weighted by Gasteiger charge is -2.14. The molecule has 0 saturated carbocycles. The Kier molecular flexibility index (Phi) is 6.08. The number of phenols is 1. The number of hydrazine groups is 1. The Labute approximate surface area is 140 Å². The molecule has 0 unspecified atom stereocenters. The van der Waals surface area contributed by atoms with Crippen LogP contribution >= 0.6 is 0 Å². The number of ether oxygens (including phenoxy) is 2. The molecule has 0 spiro atoms. The summed E-state index contributed by atoms with van der Waals surface area (Å²) < 4.78 is 10.9. The summed E-state index contributed by atoms with van der Waals surface area (Å²) in [7, 11) is 0. The highest BCUT2D eigenvalue weighted by Gasteiger charge is 2.09. The quantitative estimate of drug-likeness (QED) is 0.649. The molecule has 0 aliphatic carbocycles. The van der Waals surface area contributed by atoms with E-state index in [2.05, 4.69) is 17.4 Å². The largest absolute Gasteiger partial charge is 0.507 e. The zero-order valence-electron chi connectivity index (χ0n) is 13.4. The van der Waals surface area contributed by atoms with Crippen LogP contribution in [0.3, 0.4) is 0 Å². The van der Waals surface area contributed by atoms with Crippen molar-refractivity contribution in [3.05, 3.63) is 60.7 Å². The lowest BCUT2D eigenvalue weighted by Crippen LogP contribution is -2.39. The molecule has 2 aromatic rings. The molecular weight excluding hydrogens is 308 g/mol. The number of aromatic hydroxyl groups is 1. The molecule has 0 saturated heterocycles. The summed E-state index contributed by atoms with van der Waals surface area (Å²) in [5.74, 6) is 0.762. The minimum atomic E-state index is -0.391. The fourth-order valence-electron chi connectivity index (χ4n) is 1.96. The second-order valence-corrected chi connectivity index (χ2v) is 4.84. The predicted molar refractivity (Wildman–Crippen MR) is 91.5 cm³/mol. The van der Waals surface area contributed by atoms with Gasteiger partial charge in [0.25, 0.3) is 5.91 Å². The third kappa shape index (κ3) is 4.67. The van der Waals surface area contributed by atoms with Gasteiger partial charge in [0.05, 0.1) is 12.3 Å². The molecule has 0 atom stereocenters. The molecule has 3 N–H and O–H groups in total. The number of carbonyl (C=O) groups excluding carboxylic acids is 1. The van der Waals surface area contributed by atoms with E-state index >= 15 is 0 Å². The predicted octanol–water partition coefficient (Wildman–Crippen LogP) is 2.46. The molecule has 2 rings (SSSR count). The highest BCUT2D eigenvalue weighted by molar-refractivity contribution is 5.79. The number of phenolic OH excluding ortho intramolecular Hbond substituents is 1. The summed E-state index contributed by atoms with van der Waals surface area (Å²) in [5, 5.41) is 9.73. The Bertz CT molecular complexity index is 716. The van der Waals surface area contributed by atoms with Gasteiger partial charge in [0.1, 0.15) is 5.75 Å². The van der Waals surface area contributed by atoms with E-state index in [1.54, 1.807) is 36.4 Å². The molecule has 0 aliphatic heterocycles. The summed E-state index contributed by atoms with van der Waals surface area (Å²) >= 11 is 0. The first-order valence-corrected chi connectivity index (χ1v) is 7.48. The van der Waals surface area contributed by atoms with E-state index in [0.717, 1.165) is 0 Å². The van der Waals surface area contributed by atoms with Crippen molar-refractivity contribution < 1.29 is 19.4 Å². The van der Waals surface area contributed by atoms with Crippen molar-refractivity contribution in [1.29, 1.82) is 0 Å². The molecule has 126 valence electrons. The first kappa shape index (κ1) is 17.2. The van der Waals surface area contributed by atoms with E-state index in [1.165, 1.54) is 6.07 Å². The van der Waals surface area contributed by atoms with Gasteiger partial charge in [-0.1, -0.05) is 30.8 Å². The average Bonchev–Trinajstić information content (AvgIpc) is 2.59. The van der Waals surface area contributed by atoms with Crippen LogP contribution in [0.25, 0.3) is 5.70 Å². The summed E-state index contributed by atoms with van der Waals surface area (Å²) in [6.07, 6.45) is 0. The number of nitrogens with one attached hydrogen (secondary N) is 2. The van der Waals surface area contributed by atoms with Crippen LogP contribution in [0.4, 0.5) is 0 Å². The topological polar surface area (TPSA) is 79.8 Å². The molecule has 2 aromatic carbocycles. The third-order valence-electron chi connectivity index (χ3n) is 3.09. The van der Waals surface area contributed by atoms with Gasteiger partial charge in [-0.25, -0.2) is 0 Å². The zero-order valence-corrected chi connectivity index (χ0v) is 13.4. The summed E-state index contributed by atoms with van der Waals surface area (Å²) in [4.78, 5) is 11.9. The smallest absolute Gasteiger partial charge is 0.276 e. The first-order valence-electron chi connectivity index (χ1n) is 7.48. The Morgan fingerprint density at radius 3 is 2.33 bits per heavy atom. The van der Waals surface area contributed by atoms with Gasteiger partial charge in [-0.05, 0) is 31.2 Å². The molecule has 0 radical (unpaired) electrons.